The van der Waals surface area contributed by atoms with Crippen LogP contribution in [0.25, 0.3) is 0 Å². The number of aromatic nitrogens is 2. The van der Waals surface area contributed by atoms with Crippen molar-refractivity contribution in [2.75, 3.05) is 13.3 Å². The highest BCUT2D eigenvalue weighted by Crippen LogP contribution is 2.54. The first-order valence-corrected chi connectivity index (χ1v) is 12.5. The average molecular weight is 470 g/mol. The molecule has 1 unspecified atom stereocenters. The van der Waals surface area contributed by atoms with Crippen molar-refractivity contribution in [3.63, 3.8) is 0 Å². The van der Waals surface area contributed by atoms with Gasteiger partial charge >= 0.3 is 21.1 Å². The molecule has 0 aromatic carbocycles. The second kappa shape index (κ2) is 9.18. The third-order valence-corrected chi connectivity index (χ3v) is 6.76. The Bertz CT molecular complexity index is 946. The number of ether oxygens (including phenoxy) is 1. The molecule has 0 saturated heterocycles. The third-order valence-electron chi connectivity index (χ3n) is 4.63. The number of H-pyrrole nitrogens is 1. The van der Waals surface area contributed by atoms with Gasteiger partial charge in [0.2, 0.25) is 0 Å². The monoisotopic (exact) mass is 470 g/mol. The summed E-state index contributed by atoms with van der Waals surface area (Å²) in [5.41, 5.74) is -2.37. The Labute approximate surface area is 173 Å². The van der Waals surface area contributed by atoms with Gasteiger partial charge in [0.25, 0.3) is 5.56 Å². The third kappa shape index (κ3) is 6.96. The van der Waals surface area contributed by atoms with Crippen molar-refractivity contribution >= 4 is 15.4 Å². The number of methoxy groups -OCH3 is 1. The average Bonchev–Trinajstić information content (AvgIpc) is 2.86. The lowest BCUT2D eigenvalue weighted by Crippen LogP contribution is -2.39. The highest BCUT2D eigenvalue weighted by Gasteiger charge is 2.49. The van der Waals surface area contributed by atoms with E-state index < -0.39 is 62.6 Å². The number of aromatic amines is 1. The van der Waals surface area contributed by atoms with Gasteiger partial charge in [0.1, 0.15) is 6.10 Å². The largest absolute Gasteiger partial charge is 0.473 e. The van der Waals surface area contributed by atoms with Crippen LogP contribution in [0.2, 0.25) is 0 Å². The molecule has 12 nitrogen and oxygen atoms in total. The Morgan fingerprint density at radius 3 is 2.33 bits per heavy atom. The first-order chi connectivity index (χ1) is 13.6. The topological polar surface area (TPSA) is 177 Å². The summed E-state index contributed by atoms with van der Waals surface area (Å²) in [6.45, 7) is 4.69. The van der Waals surface area contributed by atoms with Crippen molar-refractivity contribution < 1.29 is 37.6 Å². The summed E-state index contributed by atoms with van der Waals surface area (Å²) in [5.74, 6) is -0.494. The summed E-state index contributed by atoms with van der Waals surface area (Å²) in [6.07, 6.45) is -1.01. The number of nitrogens with one attached hydrogen (secondary N) is 1. The zero-order valence-electron chi connectivity index (χ0n) is 17.1. The molecule has 2 rings (SSSR count). The van der Waals surface area contributed by atoms with Crippen molar-refractivity contribution in [3.05, 3.63) is 33.1 Å². The van der Waals surface area contributed by atoms with Crippen molar-refractivity contribution in [2.24, 2.45) is 5.92 Å². The van der Waals surface area contributed by atoms with E-state index in [2.05, 4.69) is 4.98 Å². The van der Waals surface area contributed by atoms with E-state index in [9.17, 15) is 33.4 Å². The van der Waals surface area contributed by atoms with Crippen LogP contribution in [0.4, 0.5) is 0 Å². The second-order valence-corrected chi connectivity index (χ2v) is 11.3. The number of hydrogen-bond acceptors (Lipinski definition) is 7. The first kappa shape index (κ1) is 25.2. The predicted molar refractivity (Wildman–Crippen MR) is 106 cm³/mol. The van der Waals surface area contributed by atoms with E-state index in [1.165, 1.54) is 13.3 Å². The zero-order valence-corrected chi connectivity index (χ0v) is 18.9. The molecule has 14 heteroatoms. The van der Waals surface area contributed by atoms with Gasteiger partial charge in [0.05, 0.1) is 23.9 Å². The van der Waals surface area contributed by atoms with Crippen LogP contribution in [0.5, 0.6) is 0 Å². The molecule has 1 aromatic heterocycles. The second-order valence-electron chi connectivity index (χ2n) is 8.20. The molecule has 5 atom stereocenters. The summed E-state index contributed by atoms with van der Waals surface area (Å²) >= 11 is 0. The van der Waals surface area contributed by atoms with Crippen LogP contribution < -0.4 is 11.2 Å². The summed E-state index contributed by atoms with van der Waals surface area (Å²) in [4.78, 5) is 54.5. The molecule has 0 spiro atoms. The molecule has 1 saturated carbocycles. The van der Waals surface area contributed by atoms with Crippen LogP contribution in [-0.2, 0) is 22.9 Å². The molecule has 0 aliphatic heterocycles. The van der Waals surface area contributed by atoms with Crippen LogP contribution in [-0.4, -0.2) is 55.3 Å². The molecule has 1 aliphatic rings. The minimum Gasteiger partial charge on any atom is -0.378 e. The van der Waals surface area contributed by atoms with E-state index in [0.29, 0.717) is 0 Å². The summed E-state index contributed by atoms with van der Waals surface area (Å²) in [6, 6.07) is 0.276. The van der Waals surface area contributed by atoms with Gasteiger partial charge in [-0.15, -0.1) is 0 Å². The van der Waals surface area contributed by atoms with Crippen LogP contribution in [0.3, 0.4) is 0 Å². The zero-order chi connectivity index (χ0) is 22.9. The van der Waals surface area contributed by atoms with Gasteiger partial charge in [-0.2, -0.15) is 0 Å². The van der Waals surface area contributed by atoms with Gasteiger partial charge in [0.15, 0.2) is 0 Å². The van der Waals surface area contributed by atoms with Crippen molar-refractivity contribution in [1.29, 1.82) is 0 Å². The fraction of sp³-hybridized carbons (Fsp3) is 0.750. The predicted octanol–water partition coefficient (Wildman–Crippen LogP) is 0.981. The maximum atomic E-state index is 12.6. The molecular formula is C16H28N2O10P2. The van der Waals surface area contributed by atoms with Gasteiger partial charge in [-0.05, 0) is 39.5 Å². The normalized spacial score (nSPS) is 27.2. The van der Waals surface area contributed by atoms with E-state index in [-0.39, 0.29) is 12.8 Å². The minimum absolute atomic E-state index is 0.0348. The number of phosphoric acid groups is 1. The number of nitrogens with zero attached hydrogens (tertiary/aromatic N) is 1. The van der Waals surface area contributed by atoms with Crippen molar-refractivity contribution in [2.45, 2.75) is 57.5 Å². The molecule has 172 valence electrons. The van der Waals surface area contributed by atoms with E-state index in [4.69, 9.17) is 13.8 Å². The Hall–Kier alpha value is -1.10. The SMILES string of the molecule is CO[C@@H]1[C@@H](CCP(=O)(O)O)C[C@@H](n2ccc(=O)[nH]c2=O)[C@@H]1OP(=O)(O)OC(C)(C)C. The Morgan fingerprint density at radius 1 is 1.20 bits per heavy atom. The van der Waals surface area contributed by atoms with Crippen LogP contribution in [0.1, 0.15) is 39.7 Å². The lowest BCUT2D eigenvalue weighted by molar-refractivity contribution is -0.0379. The molecular weight excluding hydrogens is 442 g/mol. The number of hydrogen-bond donors (Lipinski definition) is 4. The van der Waals surface area contributed by atoms with Crippen LogP contribution in [0, 0.1) is 5.92 Å². The summed E-state index contributed by atoms with van der Waals surface area (Å²) < 4.78 is 41.0. The molecule has 0 amide bonds. The Kier molecular flexibility index (Phi) is 7.70. The molecule has 0 bridgehead atoms. The molecule has 30 heavy (non-hydrogen) atoms. The van der Waals surface area contributed by atoms with Gasteiger partial charge in [-0.25, -0.2) is 9.36 Å². The Morgan fingerprint density at radius 2 is 1.83 bits per heavy atom. The van der Waals surface area contributed by atoms with Gasteiger partial charge < -0.3 is 19.4 Å². The molecule has 1 fully saturated rings. The van der Waals surface area contributed by atoms with E-state index in [0.717, 1.165) is 10.6 Å². The highest BCUT2D eigenvalue weighted by atomic mass is 31.2. The summed E-state index contributed by atoms with van der Waals surface area (Å²) in [7, 11) is -7.56. The van der Waals surface area contributed by atoms with Gasteiger partial charge in [0, 0.05) is 19.4 Å². The van der Waals surface area contributed by atoms with E-state index in [1.807, 2.05) is 0 Å². The minimum atomic E-state index is -4.60. The van der Waals surface area contributed by atoms with E-state index in [1.54, 1.807) is 20.8 Å². The fourth-order valence-electron chi connectivity index (χ4n) is 3.62. The quantitative estimate of drug-likeness (QED) is 0.400. The van der Waals surface area contributed by atoms with Gasteiger partial charge in [-0.1, -0.05) is 0 Å². The smallest absolute Gasteiger partial charge is 0.378 e. The van der Waals surface area contributed by atoms with Crippen LogP contribution in [0.15, 0.2) is 21.9 Å². The maximum Gasteiger partial charge on any atom is 0.473 e. The first-order valence-electron chi connectivity index (χ1n) is 9.23. The lowest BCUT2D eigenvalue weighted by Gasteiger charge is -2.30. The molecule has 1 heterocycles. The molecule has 0 radical (unpaired) electrons. The highest BCUT2D eigenvalue weighted by molar-refractivity contribution is 7.51. The Balaban J connectivity index is 2.42. The van der Waals surface area contributed by atoms with Crippen LogP contribution >= 0.6 is 15.4 Å². The lowest BCUT2D eigenvalue weighted by atomic mass is 10.0. The fourth-order valence-corrected chi connectivity index (χ4v) is 5.59. The number of rotatable bonds is 8. The molecule has 4 N–H and O–H groups in total. The summed E-state index contributed by atoms with van der Waals surface area (Å²) in [5, 5.41) is 0. The maximum absolute atomic E-state index is 12.6. The van der Waals surface area contributed by atoms with E-state index >= 15 is 0 Å². The molecule has 1 aromatic rings. The standard InChI is InChI=1S/C16H28N2O10P2/c1-16(2,3)28-30(24,25)27-14-11(18-7-5-12(19)17-15(18)20)9-10(13(14)26-4)6-8-29(21,22)23/h5,7,10-11,13-14H,6,8-9H2,1-4H3,(H,24,25)(H,17,19,20)(H2,21,22,23)/t10-,11+,13+,14-/m0/s1. The molecule has 1 aliphatic carbocycles. The van der Waals surface area contributed by atoms with Crippen molar-refractivity contribution in [3.8, 4) is 0 Å². The van der Waals surface area contributed by atoms with Gasteiger partial charge in [-0.3, -0.25) is 28.0 Å². The van der Waals surface area contributed by atoms with Crippen molar-refractivity contribution in [1.82, 2.24) is 9.55 Å². The number of phosphoric ester groups is 1.